The minimum Gasteiger partial charge on any atom is -0.494 e. The Morgan fingerprint density at radius 1 is 1.44 bits per heavy atom. The van der Waals surface area contributed by atoms with Crippen molar-refractivity contribution in [2.24, 2.45) is 5.41 Å². The number of hydrogen-bond donors (Lipinski definition) is 1. The first-order valence-electron chi connectivity index (χ1n) is 5.35. The molecule has 0 atom stereocenters. The lowest BCUT2D eigenvalue weighted by molar-refractivity contribution is -0.147. The highest BCUT2D eigenvalue weighted by molar-refractivity contribution is 5.73. The van der Waals surface area contributed by atoms with E-state index in [-0.39, 0.29) is 0 Å². The Balaban J connectivity index is 2.45. The number of aryl methyl sites for hydroxylation is 1. The number of ether oxygens (including phenoxy) is 1. The lowest BCUT2D eigenvalue weighted by atomic mass is 9.90. The highest BCUT2D eigenvalue weighted by Gasteiger charge is 2.26. The number of carboxylic acids is 1. The van der Waals surface area contributed by atoms with Crippen molar-refractivity contribution in [2.45, 2.75) is 27.2 Å². The molecule has 3 nitrogen and oxygen atoms in total. The van der Waals surface area contributed by atoms with Crippen molar-refractivity contribution >= 4 is 5.97 Å². The molecule has 0 heterocycles. The predicted molar refractivity (Wildman–Crippen MR) is 62.7 cm³/mol. The van der Waals surface area contributed by atoms with E-state index in [1.54, 1.807) is 13.8 Å². The van der Waals surface area contributed by atoms with E-state index in [0.29, 0.717) is 13.0 Å². The molecule has 0 bridgehead atoms. The number of hydrogen-bond acceptors (Lipinski definition) is 2. The summed E-state index contributed by atoms with van der Waals surface area (Å²) in [6.45, 7) is 5.82. The quantitative estimate of drug-likeness (QED) is 0.833. The number of benzene rings is 1. The normalized spacial score (nSPS) is 11.2. The number of carboxylic acid groups (broad SMARTS) is 1. The zero-order valence-corrected chi connectivity index (χ0v) is 9.99. The number of rotatable bonds is 5. The minimum atomic E-state index is -0.791. The Bertz CT molecular complexity index is 369. The van der Waals surface area contributed by atoms with Gasteiger partial charge in [0.05, 0.1) is 12.0 Å². The van der Waals surface area contributed by atoms with Crippen molar-refractivity contribution in [1.29, 1.82) is 0 Å². The molecule has 1 aromatic rings. The first kappa shape index (κ1) is 12.6. The van der Waals surface area contributed by atoms with E-state index in [1.807, 2.05) is 31.2 Å². The standard InChI is InChI=1S/C13H18O3/c1-10-5-4-6-11(9-10)16-8-7-13(2,3)12(14)15/h4-6,9H,7-8H2,1-3H3,(H,14,15). The fraction of sp³-hybridized carbons (Fsp3) is 0.462. The highest BCUT2D eigenvalue weighted by Crippen LogP contribution is 2.21. The largest absolute Gasteiger partial charge is 0.494 e. The minimum absolute atomic E-state index is 0.419. The summed E-state index contributed by atoms with van der Waals surface area (Å²) in [5.41, 5.74) is 0.402. The fourth-order valence-corrected chi connectivity index (χ4v) is 1.24. The van der Waals surface area contributed by atoms with Gasteiger partial charge in [-0.15, -0.1) is 0 Å². The molecule has 88 valence electrons. The number of aliphatic carboxylic acids is 1. The van der Waals surface area contributed by atoms with Crippen LogP contribution in [0.15, 0.2) is 24.3 Å². The third-order valence-electron chi connectivity index (χ3n) is 2.56. The van der Waals surface area contributed by atoms with Gasteiger partial charge in [-0.3, -0.25) is 4.79 Å². The van der Waals surface area contributed by atoms with Crippen LogP contribution in [0.25, 0.3) is 0 Å². The molecule has 0 saturated heterocycles. The van der Waals surface area contributed by atoms with Gasteiger partial charge in [-0.25, -0.2) is 0 Å². The van der Waals surface area contributed by atoms with Crippen LogP contribution in [0.4, 0.5) is 0 Å². The highest BCUT2D eigenvalue weighted by atomic mass is 16.5. The lowest BCUT2D eigenvalue weighted by Crippen LogP contribution is -2.25. The van der Waals surface area contributed by atoms with Crippen LogP contribution in [0, 0.1) is 12.3 Å². The summed E-state index contributed by atoms with van der Waals surface area (Å²) in [4.78, 5) is 10.9. The maximum Gasteiger partial charge on any atom is 0.309 e. The summed E-state index contributed by atoms with van der Waals surface area (Å²) < 4.78 is 5.51. The fourth-order valence-electron chi connectivity index (χ4n) is 1.24. The average molecular weight is 222 g/mol. The van der Waals surface area contributed by atoms with Crippen LogP contribution in [0.2, 0.25) is 0 Å². The molecular formula is C13H18O3. The van der Waals surface area contributed by atoms with E-state index in [0.717, 1.165) is 11.3 Å². The molecule has 0 saturated carbocycles. The van der Waals surface area contributed by atoms with Crippen molar-refractivity contribution in [1.82, 2.24) is 0 Å². The molecule has 0 fully saturated rings. The lowest BCUT2D eigenvalue weighted by Gasteiger charge is -2.18. The SMILES string of the molecule is Cc1cccc(OCCC(C)(C)C(=O)O)c1. The molecule has 0 aliphatic rings. The van der Waals surface area contributed by atoms with Crippen LogP contribution >= 0.6 is 0 Å². The Morgan fingerprint density at radius 2 is 2.12 bits per heavy atom. The second-order valence-electron chi connectivity index (χ2n) is 4.60. The Morgan fingerprint density at radius 3 is 2.69 bits per heavy atom. The van der Waals surface area contributed by atoms with Crippen LogP contribution in [-0.2, 0) is 4.79 Å². The van der Waals surface area contributed by atoms with Crippen LogP contribution < -0.4 is 4.74 Å². The monoisotopic (exact) mass is 222 g/mol. The molecule has 0 aliphatic carbocycles. The van der Waals surface area contributed by atoms with Gasteiger partial charge in [0.15, 0.2) is 0 Å². The third kappa shape index (κ3) is 3.57. The summed E-state index contributed by atoms with van der Waals surface area (Å²) in [5.74, 6) is 0.00142. The van der Waals surface area contributed by atoms with Gasteiger partial charge in [-0.2, -0.15) is 0 Å². The summed E-state index contributed by atoms with van der Waals surface area (Å²) in [6, 6.07) is 7.73. The zero-order valence-electron chi connectivity index (χ0n) is 9.99. The second-order valence-corrected chi connectivity index (χ2v) is 4.60. The van der Waals surface area contributed by atoms with Crippen molar-refractivity contribution < 1.29 is 14.6 Å². The third-order valence-corrected chi connectivity index (χ3v) is 2.56. The molecule has 0 unspecified atom stereocenters. The topological polar surface area (TPSA) is 46.5 Å². The van der Waals surface area contributed by atoms with Crippen molar-refractivity contribution in [3.8, 4) is 5.75 Å². The van der Waals surface area contributed by atoms with Gasteiger partial charge in [0, 0.05) is 0 Å². The first-order valence-corrected chi connectivity index (χ1v) is 5.35. The van der Waals surface area contributed by atoms with Gasteiger partial charge in [-0.05, 0) is 44.9 Å². The van der Waals surface area contributed by atoms with E-state index >= 15 is 0 Å². The van der Waals surface area contributed by atoms with E-state index in [1.165, 1.54) is 0 Å². The molecule has 16 heavy (non-hydrogen) atoms. The molecule has 3 heteroatoms. The first-order chi connectivity index (χ1) is 7.42. The Kier molecular flexibility index (Phi) is 3.93. The molecule has 0 aromatic heterocycles. The van der Waals surface area contributed by atoms with Gasteiger partial charge in [0.1, 0.15) is 5.75 Å². The predicted octanol–water partition coefficient (Wildman–Crippen LogP) is 2.87. The van der Waals surface area contributed by atoms with E-state index < -0.39 is 11.4 Å². The second kappa shape index (κ2) is 5.01. The van der Waals surface area contributed by atoms with Gasteiger partial charge >= 0.3 is 5.97 Å². The summed E-state index contributed by atoms with van der Waals surface area (Å²) >= 11 is 0. The van der Waals surface area contributed by atoms with Gasteiger partial charge < -0.3 is 9.84 Å². The average Bonchev–Trinajstić information content (AvgIpc) is 2.17. The zero-order chi connectivity index (χ0) is 12.2. The van der Waals surface area contributed by atoms with Crippen LogP contribution in [0.3, 0.4) is 0 Å². The van der Waals surface area contributed by atoms with Gasteiger partial charge in [0.2, 0.25) is 0 Å². The molecule has 0 spiro atoms. The number of carbonyl (C=O) groups is 1. The van der Waals surface area contributed by atoms with E-state index in [4.69, 9.17) is 9.84 Å². The van der Waals surface area contributed by atoms with Crippen LogP contribution in [0.5, 0.6) is 5.75 Å². The van der Waals surface area contributed by atoms with E-state index in [2.05, 4.69) is 0 Å². The van der Waals surface area contributed by atoms with Crippen LogP contribution in [0.1, 0.15) is 25.8 Å². The summed E-state index contributed by atoms with van der Waals surface area (Å²) in [6.07, 6.45) is 0.496. The van der Waals surface area contributed by atoms with Gasteiger partial charge in [-0.1, -0.05) is 12.1 Å². The van der Waals surface area contributed by atoms with E-state index in [9.17, 15) is 4.79 Å². The Labute approximate surface area is 96.1 Å². The molecule has 0 amide bonds. The smallest absolute Gasteiger partial charge is 0.309 e. The molecule has 0 radical (unpaired) electrons. The van der Waals surface area contributed by atoms with Gasteiger partial charge in [0.25, 0.3) is 0 Å². The maximum absolute atomic E-state index is 10.9. The molecule has 1 rings (SSSR count). The summed E-state index contributed by atoms with van der Waals surface area (Å²) in [7, 11) is 0. The summed E-state index contributed by atoms with van der Waals surface area (Å²) in [5, 5.41) is 8.93. The van der Waals surface area contributed by atoms with Crippen molar-refractivity contribution in [3.63, 3.8) is 0 Å². The van der Waals surface area contributed by atoms with Crippen molar-refractivity contribution in [2.75, 3.05) is 6.61 Å². The maximum atomic E-state index is 10.9. The Hall–Kier alpha value is -1.51. The van der Waals surface area contributed by atoms with Crippen LogP contribution in [-0.4, -0.2) is 17.7 Å². The molecule has 0 aliphatic heterocycles. The molecular weight excluding hydrogens is 204 g/mol. The van der Waals surface area contributed by atoms with Crippen molar-refractivity contribution in [3.05, 3.63) is 29.8 Å². The molecule has 1 N–H and O–H groups in total. The molecule has 1 aromatic carbocycles.